The fraction of sp³-hybridized carbons (Fsp3) is 0.324. The molecular formula is C37H44O4. The predicted molar refractivity (Wildman–Crippen MR) is 170 cm³/mol. The summed E-state index contributed by atoms with van der Waals surface area (Å²) in [5, 5.41) is 0. The fourth-order valence-electron chi connectivity index (χ4n) is 4.93. The molecule has 4 heteroatoms. The largest absolute Gasteiger partial charge is 0.465 e. The van der Waals surface area contributed by atoms with Crippen LogP contribution in [0, 0.1) is 5.92 Å². The van der Waals surface area contributed by atoms with Gasteiger partial charge in [-0.05, 0) is 72.6 Å². The molecule has 3 aromatic carbocycles. The molecule has 0 N–H and O–H groups in total. The average molecular weight is 553 g/mol. The summed E-state index contributed by atoms with van der Waals surface area (Å²) < 4.78 is 16.6. The number of rotatable bonds is 8. The number of aryl methyl sites for hydroxylation is 1. The van der Waals surface area contributed by atoms with Crippen LogP contribution in [0.25, 0.3) is 12.2 Å². The first-order valence-corrected chi connectivity index (χ1v) is 14.4. The number of allylic oxidation sites excluding steroid dienone is 1. The SMILES string of the molecule is C1=Cc2ccccc2C1.C=C(C)C(=O)OC1(CC)CCc2ccccc21.C=Cc1ccc(OC(OC)C(C)C)cc1. The van der Waals surface area contributed by atoms with Crippen LogP contribution in [0.5, 0.6) is 5.75 Å². The Labute approximate surface area is 246 Å². The number of ether oxygens (including phenoxy) is 3. The first kappa shape index (κ1) is 31.6. The zero-order chi connectivity index (χ0) is 29.8. The monoisotopic (exact) mass is 552 g/mol. The molecule has 216 valence electrons. The number of benzene rings is 3. The maximum absolute atomic E-state index is 11.8. The van der Waals surface area contributed by atoms with Gasteiger partial charge in [0.05, 0.1) is 0 Å². The van der Waals surface area contributed by atoms with Crippen molar-refractivity contribution in [3.05, 3.63) is 125 Å². The van der Waals surface area contributed by atoms with Gasteiger partial charge in [-0.2, -0.15) is 0 Å². The van der Waals surface area contributed by atoms with Crippen LogP contribution < -0.4 is 4.74 Å². The Bertz CT molecular complexity index is 1340. The van der Waals surface area contributed by atoms with Crippen LogP contribution >= 0.6 is 0 Å². The Balaban J connectivity index is 0.000000176. The summed E-state index contributed by atoms with van der Waals surface area (Å²) in [5.74, 6) is 0.860. The van der Waals surface area contributed by atoms with Gasteiger partial charge in [0.25, 0.3) is 0 Å². The van der Waals surface area contributed by atoms with E-state index in [9.17, 15) is 4.79 Å². The number of fused-ring (bicyclic) bond motifs is 2. The van der Waals surface area contributed by atoms with Crippen LogP contribution in [0.3, 0.4) is 0 Å². The van der Waals surface area contributed by atoms with Crippen molar-refractivity contribution in [2.75, 3.05) is 7.11 Å². The Hall–Kier alpha value is -3.89. The van der Waals surface area contributed by atoms with E-state index in [1.165, 1.54) is 16.7 Å². The van der Waals surface area contributed by atoms with Gasteiger partial charge in [0.15, 0.2) is 0 Å². The number of carbonyl (C=O) groups is 1. The normalized spacial score (nSPS) is 16.7. The number of esters is 1. The second kappa shape index (κ2) is 15.2. The van der Waals surface area contributed by atoms with Gasteiger partial charge in [0, 0.05) is 18.6 Å². The maximum atomic E-state index is 11.8. The maximum Gasteiger partial charge on any atom is 0.333 e. The van der Waals surface area contributed by atoms with E-state index in [2.05, 4.69) is 82.5 Å². The molecule has 0 fully saturated rings. The zero-order valence-corrected chi connectivity index (χ0v) is 25.2. The molecule has 3 aromatic rings. The van der Waals surface area contributed by atoms with Gasteiger partial charge in [0.1, 0.15) is 11.4 Å². The highest BCUT2D eigenvalue weighted by atomic mass is 16.7. The third kappa shape index (κ3) is 8.55. The lowest BCUT2D eigenvalue weighted by molar-refractivity contribution is -0.156. The molecule has 0 heterocycles. The van der Waals surface area contributed by atoms with Gasteiger partial charge in [-0.25, -0.2) is 4.79 Å². The Morgan fingerprint density at radius 1 is 1.00 bits per heavy atom. The highest BCUT2D eigenvalue weighted by molar-refractivity contribution is 5.87. The Kier molecular flexibility index (Phi) is 11.7. The van der Waals surface area contributed by atoms with Crippen molar-refractivity contribution in [2.45, 2.75) is 65.3 Å². The van der Waals surface area contributed by atoms with Gasteiger partial charge in [-0.1, -0.05) is 113 Å². The molecule has 0 radical (unpaired) electrons. The molecule has 0 bridgehead atoms. The minimum absolute atomic E-state index is 0.195. The van der Waals surface area contributed by atoms with E-state index in [0.717, 1.165) is 42.6 Å². The highest BCUT2D eigenvalue weighted by Gasteiger charge is 2.40. The third-order valence-electron chi connectivity index (χ3n) is 7.35. The van der Waals surface area contributed by atoms with Gasteiger partial charge < -0.3 is 14.2 Å². The molecule has 2 unspecified atom stereocenters. The van der Waals surface area contributed by atoms with Gasteiger partial charge in [-0.3, -0.25) is 0 Å². The average Bonchev–Trinajstić information content (AvgIpc) is 3.62. The molecular weight excluding hydrogens is 508 g/mol. The molecule has 41 heavy (non-hydrogen) atoms. The first-order chi connectivity index (χ1) is 19.7. The summed E-state index contributed by atoms with van der Waals surface area (Å²) in [5.41, 5.74) is 6.41. The lowest BCUT2D eigenvalue weighted by atomic mass is 9.93. The molecule has 0 aliphatic heterocycles. The smallest absolute Gasteiger partial charge is 0.333 e. The minimum atomic E-state index is -0.438. The van der Waals surface area contributed by atoms with E-state index in [0.29, 0.717) is 11.5 Å². The van der Waals surface area contributed by atoms with E-state index >= 15 is 0 Å². The molecule has 4 nitrogen and oxygen atoms in total. The van der Waals surface area contributed by atoms with E-state index in [1.807, 2.05) is 36.4 Å². The van der Waals surface area contributed by atoms with E-state index < -0.39 is 5.60 Å². The Morgan fingerprint density at radius 3 is 2.24 bits per heavy atom. The van der Waals surface area contributed by atoms with Crippen molar-refractivity contribution >= 4 is 18.1 Å². The third-order valence-corrected chi connectivity index (χ3v) is 7.35. The molecule has 5 rings (SSSR count). The lowest BCUT2D eigenvalue weighted by Gasteiger charge is -2.29. The standard InChI is InChI=1S/C15H18O2.C13H18O2.C9H8/c1-4-15(17-14(16)11(2)3)10-9-12-7-5-6-8-13(12)15;1-5-11-6-8-12(9-7-11)15-13(14-4)10(2)3;1-2-5-9-7-3-6-8(9)4-1/h5-8H,2,4,9-10H2,1,3H3;5-10,13H,1H2,2-4H3;1-6H,7H2. The summed E-state index contributed by atoms with van der Waals surface area (Å²) in [4.78, 5) is 11.8. The van der Waals surface area contributed by atoms with Crippen molar-refractivity contribution < 1.29 is 19.0 Å². The van der Waals surface area contributed by atoms with E-state index in [1.54, 1.807) is 20.1 Å². The van der Waals surface area contributed by atoms with Crippen LogP contribution in [0.2, 0.25) is 0 Å². The van der Waals surface area contributed by atoms with Crippen LogP contribution in [0.15, 0.2) is 97.6 Å². The van der Waals surface area contributed by atoms with Gasteiger partial charge in [0.2, 0.25) is 6.29 Å². The van der Waals surface area contributed by atoms with Crippen LogP contribution in [-0.4, -0.2) is 19.4 Å². The molecule has 2 atom stereocenters. The molecule has 2 aliphatic rings. The van der Waals surface area contributed by atoms with Crippen LogP contribution in [0.1, 0.15) is 68.4 Å². The summed E-state index contributed by atoms with van der Waals surface area (Å²) in [6.07, 6.45) is 9.77. The first-order valence-electron chi connectivity index (χ1n) is 14.4. The molecule has 0 saturated heterocycles. The van der Waals surface area contributed by atoms with Crippen molar-refractivity contribution in [3.63, 3.8) is 0 Å². The fourth-order valence-corrected chi connectivity index (χ4v) is 4.93. The van der Waals surface area contributed by atoms with Gasteiger partial charge in [-0.15, -0.1) is 0 Å². The van der Waals surface area contributed by atoms with Gasteiger partial charge >= 0.3 is 5.97 Å². The quantitative estimate of drug-likeness (QED) is 0.159. The van der Waals surface area contributed by atoms with Crippen molar-refractivity contribution in [3.8, 4) is 5.75 Å². The van der Waals surface area contributed by atoms with E-state index in [4.69, 9.17) is 14.2 Å². The second-order valence-corrected chi connectivity index (χ2v) is 10.7. The molecule has 0 saturated carbocycles. The number of carbonyl (C=O) groups excluding carboxylic acids is 1. The highest BCUT2D eigenvalue weighted by Crippen LogP contribution is 2.42. The number of hydrogen-bond donors (Lipinski definition) is 0. The summed E-state index contributed by atoms with van der Waals surface area (Å²) >= 11 is 0. The minimum Gasteiger partial charge on any atom is -0.465 e. The topological polar surface area (TPSA) is 44.8 Å². The lowest BCUT2D eigenvalue weighted by Crippen LogP contribution is -2.29. The van der Waals surface area contributed by atoms with Crippen molar-refractivity contribution in [1.82, 2.24) is 0 Å². The van der Waals surface area contributed by atoms with Crippen molar-refractivity contribution in [1.29, 1.82) is 0 Å². The second-order valence-electron chi connectivity index (χ2n) is 10.7. The van der Waals surface area contributed by atoms with Crippen molar-refractivity contribution in [2.24, 2.45) is 5.92 Å². The summed E-state index contributed by atoms with van der Waals surface area (Å²) in [7, 11) is 1.66. The van der Waals surface area contributed by atoms with Crippen LogP contribution in [-0.2, 0) is 32.7 Å². The molecule has 0 aromatic heterocycles. The number of methoxy groups -OCH3 is 1. The predicted octanol–water partition coefficient (Wildman–Crippen LogP) is 8.95. The molecule has 2 aliphatic carbocycles. The number of hydrogen-bond acceptors (Lipinski definition) is 4. The zero-order valence-electron chi connectivity index (χ0n) is 25.2. The summed E-state index contributed by atoms with van der Waals surface area (Å²) in [6, 6.07) is 24.5. The Morgan fingerprint density at radius 2 is 1.66 bits per heavy atom. The van der Waals surface area contributed by atoms with E-state index in [-0.39, 0.29) is 12.3 Å². The molecule has 0 amide bonds. The summed E-state index contributed by atoms with van der Waals surface area (Å²) in [6.45, 7) is 15.2. The van der Waals surface area contributed by atoms with Crippen LogP contribution in [0.4, 0.5) is 0 Å². The molecule has 0 spiro atoms.